The third-order valence-corrected chi connectivity index (χ3v) is 7.04. The summed E-state index contributed by atoms with van der Waals surface area (Å²) in [4.78, 5) is 0. The summed E-state index contributed by atoms with van der Waals surface area (Å²) in [6.45, 7) is 0. The zero-order chi connectivity index (χ0) is 18.7. The van der Waals surface area contributed by atoms with Crippen LogP contribution in [0.2, 0.25) is 0 Å². The highest BCUT2D eigenvalue weighted by Gasteiger charge is 2.40. The van der Waals surface area contributed by atoms with Gasteiger partial charge in [-0.25, -0.2) is 8.42 Å². The topological polar surface area (TPSA) is 46.2 Å². The van der Waals surface area contributed by atoms with E-state index in [2.05, 4.69) is 41.7 Å². The van der Waals surface area contributed by atoms with Crippen LogP contribution >= 0.6 is 0 Å². The molecule has 3 aromatic rings. The molecule has 0 unspecified atom stereocenters. The number of benzene rings is 3. The third kappa shape index (κ3) is 3.55. The molecule has 4 rings (SSSR count). The highest BCUT2D eigenvalue weighted by Crippen LogP contribution is 2.38. The van der Waals surface area contributed by atoms with Crippen LogP contribution in [-0.2, 0) is 15.4 Å². The molecular weight excluding hydrogens is 354 g/mol. The molecule has 0 bridgehead atoms. The number of rotatable bonds is 5. The largest absolute Gasteiger partial charge is 0.296 e. The van der Waals surface area contributed by atoms with Gasteiger partial charge in [-0.3, -0.25) is 5.32 Å². The van der Waals surface area contributed by atoms with Crippen molar-refractivity contribution in [1.82, 2.24) is 5.32 Å². The molecule has 1 aliphatic heterocycles. The molecule has 0 spiro atoms. The van der Waals surface area contributed by atoms with E-state index in [9.17, 15) is 8.42 Å². The quantitative estimate of drug-likeness (QED) is 0.689. The molecule has 1 heterocycles. The molecule has 0 radical (unpaired) electrons. The van der Waals surface area contributed by atoms with Crippen molar-refractivity contribution in [1.29, 1.82) is 0 Å². The van der Waals surface area contributed by atoms with Crippen molar-refractivity contribution in [3.63, 3.8) is 0 Å². The maximum Gasteiger partial charge on any atom is 0.151 e. The minimum atomic E-state index is -2.98. The predicted octanol–water partition coefficient (Wildman–Crippen LogP) is 3.76. The van der Waals surface area contributed by atoms with Crippen molar-refractivity contribution in [2.24, 2.45) is 0 Å². The summed E-state index contributed by atoms with van der Waals surface area (Å²) in [7, 11) is -2.98. The Hall–Kier alpha value is -2.43. The lowest BCUT2D eigenvalue weighted by molar-refractivity contribution is 0.410. The van der Waals surface area contributed by atoms with Gasteiger partial charge in [0.1, 0.15) is 0 Å². The number of sulfone groups is 1. The molecule has 3 aromatic carbocycles. The Morgan fingerprint density at radius 2 is 1.11 bits per heavy atom. The van der Waals surface area contributed by atoms with Gasteiger partial charge in [0, 0.05) is 6.04 Å². The molecule has 0 amide bonds. The molecular formula is C23H23NO2S. The van der Waals surface area contributed by atoms with Gasteiger partial charge in [0.05, 0.1) is 17.0 Å². The van der Waals surface area contributed by atoms with Gasteiger partial charge >= 0.3 is 0 Å². The Morgan fingerprint density at radius 3 is 1.44 bits per heavy atom. The smallest absolute Gasteiger partial charge is 0.151 e. The van der Waals surface area contributed by atoms with Crippen LogP contribution in [0.3, 0.4) is 0 Å². The van der Waals surface area contributed by atoms with Gasteiger partial charge in [-0.15, -0.1) is 0 Å². The van der Waals surface area contributed by atoms with E-state index in [0.29, 0.717) is 6.42 Å². The summed E-state index contributed by atoms with van der Waals surface area (Å²) in [5.74, 6) is 0.431. The van der Waals surface area contributed by atoms with Gasteiger partial charge in [0.2, 0.25) is 0 Å². The molecule has 0 aliphatic carbocycles. The average Bonchev–Trinajstić information content (AvgIpc) is 3.06. The zero-order valence-electron chi connectivity index (χ0n) is 15.1. The van der Waals surface area contributed by atoms with Crippen molar-refractivity contribution in [2.75, 3.05) is 11.5 Å². The standard InChI is InChI=1S/C23H23NO2S/c25-27(26)17-16-22(18-27)24-23(19-10-4-1-5-11-19,20-12-6-2-7-13-20)21-14-8-3-9-15-21/h1-15,22,24H,16-18H2/t22-/m0/s1. The first-order valence-electron chi connectivity index (χ1n) is 9.25. The molecule has 1 N–H and O–H groups in total. The SMILES string of the molecule is O=S1(=O)CC[C@H](NC(c2ccccc2)(c2ccccc2)c2ccccc2)C1. The lowest BCUT2D eigenvalue weighted by atomic mass is 9.76. The van der Waals surface area contributed by atoms with E-state index in [-0.39, 0.29) is 17.5 Å². The van der Waals surface area contributed by atoms with Crippen LogP contribution in [0, 0.1) is 0 Å². The lowest BCUT2D eigenvalue weighted by Gasteiger charge is -2.39. The minimum Gasteiger partial charge on any atom is -0.296 e. The molecule has 3 nitrogen and oxygen atoms in total. The second-order valence-electron chi connectivity index (χ2n) is 7.09. The number of hydrogen-bond acceptors (Lipinski definition) is 3. The van der Waals surface area contributed by atoms with Gasteiger partial charge in [0.15, 0.2) is 9.84 Å². The van der Waals surface area contributed by atoms with Crippen molar-refractivity contribution in [3.05, 3.63) is 108 Å². The third-order valence-electron chi connectivity index (χ3n) is 5.27. The van der Waals surface area contributed by atoms with Crippen molar-refractivity contribution >= 4 is 9.84 Å². The first-order valence-corrected chi connectivity index (χ1v) is 11.1. The van der Waals surface area contributed by atoms with Gasteiger partial charge < -0.3 is 0 Å². The Bertz CT molecular complexity index is 890. The molecule has 4 heteroatoms. The highest BCUT2D eigenvalue weighted by atomic mass is 32.2. The van der Waals surface area contributed by atoms with Crippen molar-refractivity contribution < 1.29 is 8.42 Å². The van der Waals surface area contributed by atoms with E-state index < -0.39 is 15.4 Å². The van der Waals surface area contributed by atoms with E-state index in [1.54, 1.807) is 0 Å². The lowest BCUT2D eigenvalue weighted by Crippen LogP contribution is -2.50. The summed E-state index contributed by atoms with van der Waals surface area (Å²) in [5, 5.41) is 3.75. The van der Waals surface area contributed by atoms with E-state index in [4.69, 9.17) is 0 Å². The van der Waals surface area contributed by atoms with Crippen LogP contribution in [0.25, 0.3) is 0 Å². The van der Waals surface area contributed by atoms with E-state index in [0.717, 1.165) is 16.7 Å². The van der Waals surface area contributed by atoms with E-state index >= 15 is 0 Å². The fourth-order valence-electron chi connectivity index (χ4n) is 4.03. The van der Waals surface area contributed by atoms with Gasteiger partial charge in [-0.05, 0) is 23.1 Å². The summed E-state index contributed by atoms with van der Waals surface area (Å²) in [5.41, 5.74) is 2.71. The van der Waals surface area contributed by atoms with Crippen LogP contribution in [0.15, 0.2) is 91.0 Å². The Morgan fingerprint density at radius 1 is 0.704 bits per heavy atom. The second-order valence-corrected chi connectivity index (χ2v) is 9.32. The minimum absolute atomic E-state index is 0.0874. The van der Waals surface area contributed by atoms with Crippen molar-refractivity contribution in [2.45, 2.75) is 18.0 Å². The Kier molecular flexibility index (Phi) is 4.85. The molecule has 138 valence electrons. The fraction of sp³-hybridized carbons (Fsp3) is 0.217. The summed E-state index contributed by atoms with van der Waals surface area (Å²) in [6.07, 6.45) is 0.636. The van der Waals surface area contributed by atoms with Gasteiger partial charge in [-0.2, -0.15) is 0 Å². The predicted molar refractivity (Wildman–Crippen MR) is 109 cm³/mol. The number of hydrogen-bond donors (Lipinski definition) is 1. The first kappa shape index (κ1) is 18.0. The van der Waals surface area contributed by atoms with Crippen LogP contribution in [-0.4, -0.2) is 26.0 Å². The van der Waals surface area contributed by atoms with E-state index in [1.807, 2.05) is 54.6 Å². The normalized spacial score (nSPS) is 19.0. The molecule has 0 saturated carbocycles. The maximum atomic E-state index is 12.1. The first-order chi connectivity index (χ1) is 13.1. The molecule has 1 aliphatic rings. The van der Waals surface area contributed by atoms with Gasteiger partial charge in [0.25, 0.3) is 0 Å². The van der Waals surface area contributed by atoms with Crippen LogP contribution in [0.4, 0.5) is 0 Å². The molecule has 1 saturated heterocycles. The molecule has 1 fully saturated rings. The number of nitrogens with one attached hydrogen (secondary N) is 1. The monoisotopic (exact) mass is 377 g/mol. The van der Waals surface area contributed by atoms with Crippen LogP contribution < -0.4 is 5.32 Å². The molecule has 27 heavy (non-hydrogen) atoms. The summed E-state index contributed by atoms with van der Waals surface area (Å²) in [6, 6.07) is 30.8. The zero-order valence-corrected chi connectivity index (χ0v) is 15.9. The fourth-order valence-corrected chi connectivity index (χ4v) is 5.70. The average molecular weight is 378 g/mol. The maximum absolute atomic E-state index is 12.1. The molecule has 0 aromatic heterocycles. The van der Waals surface area contributed by atoms with E-state index in [1.165, 1.54) is 0 Å². The highest BCUT2D eigenvalue weighted by molar-refractivity contribution is 7.91. The van der Waals surface area contributed by atoms with Crippen LogP contribution in [0.1, 0.15) is 23.1 Å². The molecule has 1 atom stereocenters. The van der Waals surface area contributed by atoms with Gasteiger partial charge in [-0.1, -0.05) is 91.0 Å². The second kappa shape index (κ2) is 7.29. The summed E-state index contributed by atoms with van der Waals surface area (Å²) >= 11 is 0. The Balaban J connectivity index is 1.92. The Labute approximate surface area is 161 Å². The summed E-state index contributed by atoms with van der Waals surface area (Å²) < 4.78 is 24.2. The van der Waals surface area contributed by atoms with Crippen molar-refractivity contribution in [3.8, 4) is 0 Å². The van der Waals surface area contributed by atoms with Crippen LogP contribution in [0.5, 0.6) is 0 Å².